The Morgan fingerprint density at radius 2 is 2.46 bits per heavy atom. The molecule has 0 amide bonds. The zero-order chi connectivity index (χ0) is 8.97. The first-order valence-corrected chi connectivity index (χ1v) is 4.51. The molecule has 0 aliphatic carbocycles. The van der Waals surface area contributed by atoms with Gasteiger partial charge in [0.25, 0.3) is 0 Å². The molecule has 0 fully saturated rings. The molecule has 0 unspecified atom stereocenters. The van der Waals surface area contributed by atoms with E-state index in [1.807, 2.05) is 5.38 Å². The number of hydrogen-bond donors (Lipinski definition) is 1. The van der Waals surface area contributed by atoms with E-state index in [4.69, 9.17) is 10.5 Å². The van der Waals surface area contributed by atoms with Crippen LogP contribution in [0.5, 0.6) is 0 Å². The van der Waals surface area contributed by atoms with Crippen LogP contribution in [0.3, 0.4) is 0 Å². The smallest absolute Gasteiger partial charge is 0.329 e. The summed E-state index contributed by atoms with van der Waals surface area (Å²) in [7, 11) is 0. The Bertz CT molecular complexity index is 277. The van der Waals surface area contributed by atoms with Crippen LogP contribution >= 0.6 is 23.7 Å². The van der Waals surface area contributed by atoms with E-state index in [9.17, 15) is 4.79 Å². The molecule has 4 nitrogen and oxygen atoms in total. The number of H-pyrrole nitrogens is 1. The predicted octanol–water partition coefficient (Wildman–Crippen LogP) is 0.672. The van der Waals surface area contributed by atoms with E-state index >= 15 is 0 Å². The lowest BCUT2D eigenvalue weighted by Gasteiger charge is -1.96. The minimum absolute atomic E-state index is 0. The summed E-state index contributed by atoms with van der Waals surface area (Å²) >= 11 is 1.38. The van der Waals surface area contributed by atoms with Gasteiger partial charge in [-0.25, -0.2) is 4.98 Å². The second-order valence-corrected chi connectivity index (χ2v) is 3.14. The Hall–Kier alpha value is -0.810. The number of rotatable bonds is 3. The number of carbonyl (C=O) groups excluding carboxylic acids is 1. The van der Waals surface area contributed by atoms with Crippen LogP contribution in [0.1, 0.15) is 12.6 Å². The number of nitrogens with two attached hydrogens (primary N) is 1. The van der Waals surface area contributed by atoms with Crippen LogP contribution in [0.4, 0.5) is 5.13 Å². The van der Waals surface area contributed by atoms with E-state index in [0.717, 1.165) is 5.69 Å². The second-order valence-electron chi connectivity index (χ2n) is 2.23. The first kappa shape index (κ1) is 12.2. The number of nitrogens with one attached hydrogen (secondary N) is 1. The predicted molar refractivity (Wildman–Crippen MR) is 52.9 cm³/mol. The van der Waals surface area contributed by atoms with Crippen molar-refractivity contribution in [2.24, 2.45) is 0 Å². The maximum absolute atomic E-state index is 10.9. The number of halogens is 1. The van der Waals surface area contributed by atoms with Crippen molar-refractivity contribution < 1.29 is 14.5 Å². The third kappa shape index (κ3) is 4.10. The Morgan fingerprint density at radius 1 is 1.77 bits per heavy atom. The molecule has 3 N–H and O–H groups in total. The van der Waals surface area contributed by atoms with E-state index in [1.54, 1.807) is 6.92 Å². The molecule has 0 aromatic carbocycles. The summed E-state index contributed by atoms with van der Waals surface area (Å²) in [5.41, 5.74) is 6.24. The van der Waals surface area contributed by atoms with Crippen molar-refractivity contribution >= 4 is 34.8 Å². The molecule has 0 radical (unpaired) electrons. The molecule has 13 heavy (non-hydrogen) atoms. The zero-order valence-electron chi connectivity index (χ0n) is 7.20. The second kappa shape index (κ2) is 5.77. The molecule has 6 heteroatoms. The number of aromatic amines is 1. The van der Waals surface area contributed by atoms with Gasteiger partial charge < -0.3 is 4.74 Å². The number of esters is 1. The normalized spacial score (nSPS) is 9.00. The standard InChI is InChI=1S/C7H10N2O2S.ClH/c1-2-11-6(10)3-5-4-12-7(8)9-5;/h4H,2-3H2,1H3,(H2,8,9);1H/p+1. The quantitative estimate of drug-likeness (QED) is 0.766. The number of hydrogen-bond acceptors (Lipinski definition) is 4. The lowest BCUT2D eigenvalue weighted by Crippen LogP contribution is -2.16. The van der Waals surface area contributed by atoms with Gasteiger partial charge in [0.1, 0.15) is 12.1 Å². The lowest BCUT2D eigenvalue weighted by atomic mass is 10.3. The molecular weight excluding hydrogens is 212 g/mol. The molecule has 1 heterocycles. The van der Waals surface area contributed by atoms with Crippen LogP contribution in [0.2, 0.25) is 0 Å². The third-order valence-corrected chi connectivity index (χ3v) is 2.01. The van der Waals surface area contributed by atoms with Crippen molar-refractivity contribution in [2.45, 2.75) is 13.3 Å². The summed E-state index contributed by atoms with van der Waals surface area (Å²) in [5, 5.41) is 2.42. The van der Waals surface area contributed by atoms with Crippen LogP contribution < -0.4 is 10.7 Å². The van der Waals surface area contributed by atoms with Crippen LogP contribution in [-0.2, 0) is 16.0 Å². The van der Waals surface area contributed by atoms with Gasteiger partial charge in [-0.05, 0) is 6.92 Å². The molecule has 1 aromatic heterocycles. The van der Waals surface area contributed by atoms with Crippen molar-refractivity contribution in [3.63, 3.8) is 0 Å². The summed E-state index contributed by atoms with van der Waals surface area (Å²) in [5.74, 6) is -0.230. The Kier molecular flexibility index (Phi) is 5.41. The maximum atomic E-state index is 10.9. The summed E-state index contributed by atoms with van der Waals surface area (Å²) in [4.78, 5) is 13.8. The fraction of sp³-hybridized carbons (Fsp3) is 0.429. The SMILES string of the molecule is CCOC(=O)Cc1csc(N)[nH+]1.Cl. The first-order valence-electron chi connectivity index (χ1n) is 3.63. The average molecular weight is 224 g/mol. The number of nitrogen functional groups attached to an aromatic ring is 1. The van der Waals surface area contributed by atoms with Gasteiger partial charge >= 0.3 is 11.1 Å². The van der Waals surface area contributed by atoms with Crippen LogP contribution in [-0.4, -0.2) is 12.6 Å². The van der Waals surface area contributed by atoms with E-state index < -0.39 is 0 Å². The Morgan fingerprint density at radius 3 is 2.92 bits per heavy atom. The van der Waals surface area contributed by atoms with Gasteiger partial charge in [-0.2, -0.15) is 0 Å². The molecule has 0 spiro atoms. The Balaban J connectivity index is 0.00000144. The van der Waals surface area contributed by atoms with Crippen molar-refractivity contribution in [3.05, 3.63) is 11.1 Å². The largest absolute Gasteiger partial charge is 0.466 e. The van der Waals surface area contributed by atoms with Crippen LogP contribution in [0, 0.1) is 0 Å². The average Bonchev–Trinajstić information content (AvgIpc) is 2.36. The molecule has 74 valence electrons. The number of ether oxygens (including phenoxy) is 1. The molecule has 0 bridgehead atoms. The topological polar surface area (TPSA) is 66.5 Å². The van der Waals surface area contributed by atoms with E-state index in [1.165, 1.54) is 11.3 Å². The van der Waals surface area contributed by atoms with Gasteiger partial charge in [-0.3, -0.25) is 10.5 Å². The highest BCUT2D eigenvalue weighted by Crippen LogP contribution is 2.06. The molecule has 0 saturated heterocycles. The van der Waals surface area contributed by atoms with Gasteiger partial charge in [0.15, 0.2) is 0 Å². The number of aromatic nitrogens is 1. The fourth-order valence-electron chi connectivity index (χ4n) is 0.805. The lowest BCUT2D eigenvalue weighted by molar-refractivity contribution is -0.365. The highest BCUT2D eigenvalue weighted by Gasteiger charge is 2.09. The van der Waals surface area contributed by atoms with Gasteiger partial charge in [0.2, 0.25) is 0 Å². The summed E-state index contributed by atoms with van der Waals surface area (Å²) in [6, 6.07) is 0. The van der Waals surface area contributed by atoms with Crippen molar-refractivity contribution in [1.29, 1.82) is 0 Å². The highest BCUT2D eigenvalue weighted by molar-refractivity contribution is 7.13. The molecule has 1 rings (SSSR count). The molecule has 0 saturated carbocycles. The molecule has 0 aliphatic rings. The van der Waals surface area contributed by atoms with E-state index in [0.29, 0.717) is 11.7 Å². The number of anilines is 1. The highest BCUT2D eigenvalue weighted by atomic mass is 35.5. The minimum atomic E-state index is -0.230. The van der Waals surface area contributed by atoms with E-state index in [-0.39, 0.29) is 24.8 Å². The van der Waals surface area contributed by atoms with Gasteiger partial charge in [0, 0.05) is 5.38 Å². The Labute approximate surface area is 86.5 Å². The summed E-state index contributed by atoms with van der Waals surface area (Å²) in [6.45, 7) is 2.20. The van der Waals surface area contributed by atoms with Gasteiger partial charge in [-0.15, -0.1) is 12.4 Å². The fourth-order valence-corrected chi connectivity index (χ4v) is 1.41. The number of carbonyl (C=O) groups is 1. The number of thiazole rings is 1. The first-order chi connectivity index (χ1) is 5.72. The van der Waals surface area contributed by atoms with Crippen LogP contribution in [0.15, 0.2) is 5.38 Å². The summed E-state index contributed by atoms with van der Waals surface area (Å²) < 4.78 is 4.76. The van der Waals surface area contributed by atoms with Crippen LogP contribution in [0.25, 0.3) is 0 Å². The van der Waals surface area contributed by atoms with E-state index in [2.05, 4.69) is 4.98 Å². The summed E-state index contributed by atoms with van der Waals surface area (Å²) in [6.07, 6.45) is 0.265. The van der Waals surface area contributed by atoms with Gasteiger partial charge in [0.05, 0.1) is 6.61 Å². The zero-order valence-corrected chi connectivity index (χ0v) is 8.83. The molecular formula is C7H12ClN2O2S+. The monoisotopic (exact) mass is 223 g/mol. The van der Waals surface area contributed by atoms with Crippen molar-refractivity contribution in [2.75, 3.05) is 12.3 Å². The van der Waals surface area contributed by atoms with Crippen molar-refractivity contribution in [1.82, 2.24) is 0 Å². The molecule has 1 aromatic rings. The third-order valence-electron chi connectivity index (χ3n) is 1.25. The van der Waals surface area contributed by atoms with Crippen molar-refractivity contribution in [3.8, 4) is 0 Å². The van der Waals surface area contributed by atoms with Gasteiger partial charge in [-0.1, -0.05) is 11.3 Å². The molecule has 0 atom stereocenters. The minimum Gasteiger partial charge on any atom is -0.466 e. The maximum Gasteiger partial charge on any atom is 0.329 e. The molecule has 0 aliphatic heterocycles.